The SMILES string of the molecule is COCC(CO)NC(=O)C1CCCC1CN. The van der Waals surface area contributed by atoms with Gasteiger partial charge in [0.25, 0.3) is 0 Å². The molecule has 0 spiro atoms. The molecule has 3 atom stereocenters. The Morgan fingerprint density at radius 2 is 2.38 bits per heavy atom. The molecule has 1 amide bonds. The smallest absolute Gasteiger partial charge is 0.223 e. The summed E-state index contributed by atoms with van der Waals surface area (Å²) in [6, 6.07) is -0.309. The maximum absolute atomic E-state index is 11.9. The molecule has 0 aliphatic heterocycles. The van der Waals surface area contributed by atoms with Crippen molar-refractivity contribution in [3.8, 4) is 0 Å². The van der Waals surface area contributed by atoms with Gasteiger partial charge in [0.1, 0.15) is 0 Å². The summed E-state index contributed by atoms with van der Waals surface area (Å²) in [5.74, 6) is 0.307. The van der Waals surface area contributed by atoms with Crippen LogP contribution < -0.4 is 11.1 Å². The van der Waals surface area contributed by atoms with E-state index < -0.39 is 0 Å². The molecule has 0 bridgehead atoms. The Balaban J connectivity index is 2.43. The topological polar surface area (TPSA) is 84.6 Å². The lowest BCUT2D eigenvalue weighted by Gasteiger charge is -2.21. The summed E-state index contributed by atoms with van der Waals surface area (Å²) >= 11 is 0. The molecular formula is C11H22N2O3. The van der Waals surface area contributed by atoms with E-state index in [1.165, 1.54) is 0 Å². The molecule has 0 heterocycles. The molecule has 0 aromatic carbocycles. The Hall–Kier alpha value is -0.650. The Bertz CT molecular complexity index is 223. The monoisotopic (exact) mass is 230 g/mol. The van der Waals surface area contributed by atoms with Gasteiger partial charge in [-0.1, -0.05) is 6.42 Å². The van der Waals surface area contributed by atoms with E-state index in [0.29, 0.717) is 19.1 Å². The number of methoxy groups -OCH3 is 1. The van der Waals surface area contributed by atoms with E-state index in [2.05, 4.69) is 5.32 Å². The molecule has 0 radical (unpaired) electrons. The third-order valence-electron chi connectivity index (χ3n) is 3.23. The highest BCUT2D eigenvalue weighted by atomic mass is 16.5. The van der Waals surface area contributed by atoms with Crippen molar-refractivity contribution in [1.29, 1.82) is 0 Å². The minimum Gasteiger partial charge on any atom is -0.394 e. The first-order valence-corrected chi connectivity index (χ1v) is 5.83. The van der Waals surface area contributed by atoms with Crippen LogP contribution in [0.5, 0.6) is 0 Å². The summed E-state index contributed by atoms with van der Waals surface area (Å²) in [5.41, 5.74) is 5.63. The predicted molar refractivity (Wildman–Crippen MR) is 60.8 cm³/mol. The maximum atomic E-state index is 11.9. The molecule has 3 unspecified atom stereocenters. The predicted octanol–water partition coefficient (Wildman–Crippen LogP) is -0.515. The summed E-state index contributed by atoms with van der Waals surface area (Å²) in [6.45, 7) is 0.800. The molecule has 1 aliphatic carbocycles. The molecule has 1 fully saturated rings. The largest absolute Gasteiger partial charge is 0.394 e. The van der Waals surface area contributed by atoms with Crippen molar-refractivity contribution < 1.29 is 14.6 Å². The molecule has 4 N–H and O–H groups in total. The van der Waals surface area contributed by atoms with Gasteiger partial charge >= 0.3 is 0 Å². The van der Waals surface area contributed by atoms with Gasteiger partial charge in [-0.2, -0.15) is 0 Å². The number of rotatable bonds is 6. The van der Waals surface area contributed by atoms with Gasteiger partial charge in [0.05, 0.1) is 19.3 Å². The van der Waals surface area contributed by atoms with Crippen LogP contribution in [0, 0.1) is 11.8 Å². The minimum absolute atomic E-state index is 0.00375. The second kappa shape index (κ2) is 6.83. The third-order valence-corrected chi connectivity index (χ3v) is 3.23. The minimum atomic E-state index is -0.309. The third kappa shape index (κ3) is 3.43. The summed E-state index contributed by atoms with van der Waals surface area (Å²) in [7, 11) is 1.55. The number of ether oxygens (including phenoxy) is 1. The highest BCUT2D eigenvalue weighted by Gasteiger charge is 2.32. The van der Waals surface area contributed by atoms with Crippen LogP contribution in [0.3, 0.4) is 0 Å². The molecule has 1 aliphatic rings. The Kier molecular flexibility index (Phi) is 5.73. The average Bonchev–Trinajstić information content (AvgIpc) is 2.76. The van der Waals surface area contributed by atoms with Crippen molar-refractivity contribution in [3.63, 3.8) is 0 Å². The second-order valence-electron chi connectivity index (χ2n) is 4.38. The van der Waals surface area contributed by atoms with E-state index in [4.69, 9.17) is 15.6 Å². The summed E-state index contributed by atoms with van der Waals surface area (Å²) in [5, 5.41) is 11.9. The number of aliphatic hydroxyl groups is 1. The Morgan fingerprint density at radius 3 is 2.94 bits per heavy atom. The summed E-state index contributed by atoms with van der Waals surface area (Å²) < 4.78 is 4.91. The van der Waals surface area contributed by atoms with Gasteiger partial charge < -0.3 is 20.9 Å². The van der Waals surface area contributed by atoms with Crippen LogP contribution in [-0.2, 0) is 9.53 Å². The van der Waals surface area contributed by atoms with Crippen LogP contribution in [-0.4, -0.2) is 43.9 Å². The fourth-order valence-electron chi connectivity index (χ4n) is 2.31. The van der Waals surface area contributed by atoms with E-state index in [-0.39, 0.29) is 24.5 Å². The van der Waals surface area contributed by atoms with Crippen molar-refractivity contribution in [3.05, 3.63) is 0 Å². The normalized spacial score (nSPS) is 26.7. The molecule has 5 nitrogen and oxygen atoms in total. The number of amides is 1. The van der Waals surface area contributed by atoms with Gasteiger partial charge in [-0.25, -0.2) is 0 Å². The lowest BCUT2D eigenvalue weighted by atomic mass is 9.95. The van der Waals surface area contributed by atoms with Gasteiger partial charge in [0, 0.05) is 13.0 Å². The van der Waals surface area contributed by atoms with Crippen molar-refractivity contribution in [2.75, 3.05) is 26.9 Å². The van der Waals surface area contributed by atoms with E-state index in [0.717, 1.165) is 19.3 Å². The highest BCUT2D eigenvalue weighted by molar-refractivity contribution is 5.79. The van der Waals surface area contributed by atoms with Crippen LogP contribution in [0.15, 0.2) is 0 Å². The first kappa shape index (κ1) is 13.4. The lowest BCUT2D eigenvalue weighted by molar-refractivity contribution is -0.127. The standard InChI is InChI=1S/C11H22N2O3/c1-16-7-9(6-14)13-11(15)10-4-2-3-8(10)5-12/h8-10,14H,2-7,12H2,1H3,(H,13,15). The van der Waals surface area contributed by atoms with Crippen LogP contribution in [0.1, 0.15) is 19.3 Å². The van der Waals surface area contributed by atoms with Gasteiger partial charge in [0.15, 0.2) is 0 Å². The maximum Gasteiger partial charge on any atom is 0.223 e. The molecule has 1 rings (SSSR count). The van der Waals surface area contributed by atoms with E-state index in [1.807, 2.05) is 0 Å². The van der Waals surface area contributed by atoms with Crippen LogP contribution in [0.2, 0.25) is 0 Å². The molecule has 0 aromatic heterocycles. The van der Waals surface area contributed by atoms with Gasteiger partial charge in [0.2, 0.25) is 5.91 Å². The van der Waals surface area contributed by atoms with Crippen LogP contribution in [0.4, 0.5) is 0 Å². The zero-order valence-electron chi connectivity index (χ0n) is 9.82. The average molecular weight is 230 g/mol. The molecule has 1 saturated carbocycles. The molecule has 5 heteroatoms. The van der Waals surface area contributed by atoms with Gasteiger partial charge in [-0.15, -0.1) is 0 Å². The van der Waals surface area contributed by atoms with Crippen molar-refractivity contribution in [2.24, 2.45) is 17.6 Å². The number of nitrogens with one attached hydrogen (secondary N) is 1. The van der Waals surface area contributed by atoms with Crippen molar-refractivity contribution in [2.45, 2.75) is 25.3 Å². The van der Waals surface area contributed by atoms with Crippen molar-refractivity contribution in [1.82, 2.24) is 5.32 Å². The number of aliphatic hydroxyl groups excluding tert-OH is 1. The first-order chi connectivity index (χ1) is 7.72. The summed E-state index contributed by atoms with van der Waals surface area (Å²) in [4.78, 5) is 11.9. The highest BCUT2D eigenvalue weighted by Crippen LogP contribution is 2.30. The number of carbonyl (C=O) groups excluding carboxylic acids is 1. The van der Waals surface area contributed by atoms with E-state index in [1.54, 1.807) is 7.11 Å². The molecular weight excluding hydrogens is 208 g/mol. The van der Waals surface area contributed by atoms with E-state index in [9.17, 15) is 4.79 Å². The van der Waals surface area contributed by atoms with Gasteiger partial charge in [-0.05, 0) is 25.3 Å². The number of carbonyl (C=O) groups is 1. The molecule has 0 aromatic rings. The van der Waals surface area contributed by atoms with Crippen LogP contribution >= 0.6 is 0 Å². The number of hydrogen-bond acceptors (Lipinski definition) is 4. The van der Waals surface area contributed by atoms with Gasteiger partial charge in [-0.3, -0.25) is 4.79 Å². The zero-order chi connectivity index (χ0) is 12.0. The van der Waals surface area contributed by atoms with Crippen LogP contribution in [0.25, 0.3) is 0 Å². The van der Waals surface area contributed by atoms with E-state index >= 15 is 0 Å². The van der Waals surface area contributed by atoms with Crippen molar-refractivity contribution >= 4 is 5.91 Å². The fourth-order valence-corrected chi connectivity index (χ4v) is 2.31. The quantitative estimate of drug-likeness (QED) is 0.573. The Morgan fingerprint density at radius 1 is 1.62 bits per heavy atom. The first-order valence-electron chi connectivity index (χ1n) is 5.83. The fraction of sp³-hybridized carbons (Fsp3) is 0.909. The molecule has 0 saturated heterocycles. The zero-order valence-corrected chi connectivity index (χ0v) is 9.82. The number of nitrogens with two attached hydrogens (primary N) is 1. The molecule has 94 valence electrons. The number of hydrogen-bond donors (Lipinski definition) is 3. The molecule has 16 heavy (non-hydrogen) atoms. The lowest BCUT2D eigenvalue weighted by Crippen LogP contribution is -2.45. The second-order valence-corrected chi connectivity index (χ2v) is 4.38. The Labute approximate surface area is 96.3 Å². The summed E-state index contributed by atoms with van der Waals surface area (Å²) in [6.07, 6.45) is 3.00.